The summed E-state index contributed by atoms with van der Waals surface area (Å²) in [6.07, 6.45) is 0. The van der Waals surface area contributed by atoms with E-state index < -0.39 is 26.6 Å². The number of amides is 1. The molecule has 0 bridgehead atoms. The first-order chi connectivity index (χ1) is 9.36. The van der Waals surface area contributed by atoms with Crippen LogP contribution in [0, 0.1) is 24.6 Å². The van der Waals surface area contributed by atoms with Crippen molar-refractivity contribution < 1.29 is 17.6 Å². The van der Waals surface area contributed by atoms with Crippen molar-refractivity contribution >= 4 is 15.9 Å². The smallest absolute Gasteiger partial charge is 0.295 e. The third kappa shape index (κ3) is 4.64. The van der Waals surface area contributed by atoms with Crippen LogP contribution in [0.25, 0.3) is 0 Å². The minimum Gasteiger partial charge on any atom is -0.344 e. The van der Waals surface area contributed by atoms with E-state index in [1.54, 1.807) is 6.92 Å². The van der Waals surface area contributed by atoms with Crippen molar-refractivity contribution in [2.75, 3.05) is 13.1 Å². The SMILES string of the molecule is CC#CC(=O)NCCNS(=O)(=O)c1cc(C)ccc1F. The van der Waals surface area contributed by atoms with E-state index in [1.165, 1.54) is 19.1 Å². The van der Waals surface area contributed by atoms with Gasteiger partial charge in [0.1, 0.15) is 10.7 Å². The maximum absolute atomic E-state index is 13.5. The summed E-state index contributed by atoms with van der Waals surface area (Å²) in [7, 11) is -3.94. The largest absolute Gasteiger partial charge is 0.344 e. The lowest BCUT2D eigenvalue weighted by Gasteiger charge is -2.08. The highest BCUT2D eigenvalue weighted by molar-refractivity contribution is 7.89. The molecule has 1 aromatic carbocycles. The molecule has 7 heteroatoms. The molecule has 0 heterocycles. The Morgan fingerprint density at radius 2 is 2.05 bits per heavy atom. The lowest BCUT2D eigenvalue weighted by molar-refractivity contribution is -0.115. The van der Waals surface area contributed by atoms with Crippen LogP contribution in [0.4, 0.5) is 4.39 Å². The molecule has 108 valence electrons. The fraction of sp³-hybridized carbons (Fsp3) is 0.308. The van der Waals surface area contributed by atoms with Crippen LogP contribution in [0.15, 0.2) is 23.1 Å². The Kier molecular flexibility index (Phi) is 5.67. The normalized spacial score (nSPS) is 10.6. The number of halogens is 1. The van der Waals surface area contributed by atoms with Gasteiger partial charge in [-0.3, -0.25) is 4.79 Å². The summed E-state index contributed by atoms with van der Waals surface area (Å²) in [6.45, 7) is 3.21. The molecule has 0 saturated heterocycles. The van der Waals surface area contributed by atoms with Crippen LogP contribution in [0.3, 0.4) is 0 Å². The van der Waals surface area contributed by atoms with Crippen LogP contribution in [0.5, 0.6) is 0 Å². The van der Waals surface area contributed by atoms with Gasteiger partial charge in [0.25, 0.3) is 5.91 Å². The highest BCUT2D eigenvalue weighted by atomic mass is 32.2. The number of rotatable bonds is 5. The highest BCUT2D eigenvalue weighted by Gasteiger charge is 2.18. The molecule has 20 heavy (non-hydrogen) atoms. The van der Waals surface area contributed by atoms with Crippen LogP contribution in [-0.4, -0.2) is 27.4 Å². The summed E-state index contributed by atoms with van der Waals surface area (Å²) in [5.74, 6) is 3.36. The fourth-order valence-corrected chi connectivity index (χ4v) is 2.61. The summed E-state index contributed by atoms with van der Waals surface area (Å²) in [5, 5.41) is 2.40. The summed E-state index contributed by atoms with van der Waals surface area (Å²) in [4.78, 5) is 10.6. The monoisotopic (exact) mass is 298 g/mol. The van der Waals surface area contributed by atoms with E-state index >= 15 is 0 Å². The number of carbonyl (C=O) groups excluding carboxylic acids is 1. The molecule has 0 aliphatic heterocycles. The van der Waals surface area contributed by atoms with Crippen molar-refractivity contribution in [1.29, 1.82) is 0 Å². The van der Waals surface area contributed by atoms with E-state index in [0.29, 0.717) is 5.56 Å². The molecule has 2 N–H and O–H groups in total. The van der Waals surface area contributed by atoms with E-state index in [-0.39, 0.29) is 13.1 Å². The van der Waals surface area contributed by atoms with Gasteiger partial charge < -0.3 is 5.32 Å². The zero-order valence-electron chi connectivity index (χ0n) is 11.2. The van der Waals surface area contributed by atoms with Gasteiger partial charge in [-0.2, -0.15) is 0 Å². The van der Waals surface area contributed by atoms with E-state index in [1.807, 2.05) is 0 Å². The molecule has 1 amide bonds. The van der Waals surface area contributed by atoms with Crippen molar-refractivity contribution in [3.63, 3.8) is 0 Å². The van der Waals surface area contributed by atoms with Crippen molar-refractivity contribution in [3.8, 4) is 11.8 Å². The molecule has 0 fully saturated rings. The molecule has 1 aromatic rings. The zero-order valence-corrected chi connectivity index (χ0v) is 12.0. The van der Waals surface area contributed by atoms with Gasteiger partial charge in [0, 0.05) is 13.1 Å². The second-order valence-electron chi connectivity index (χ2n) is 3.96. The Balaban J connectivity index is 2.64. The fourth-order valence-electron chi connectivity index (χ4n) is 1.41. The summed E-state index contributed by atoms with van der Waals surface area (Å²) < 4.78 is 39.5. The topological polar surface area (TPSA) is 75.3 Å². The minimum atomic E-state index is -3.94. The Hall–Kier alpha value is -1.91. The molecule has 0 aromatic heterocycles. The number of hydrogen-bond acceptors (Lipinski definition) is 3. The molecule has 5 nitrogen and oxygen atoms in total. The van der Waals surface area contributed by atoms with Gasteiger partial charge in [0.2, 0.25) is 10.0 Å². The quantitative estimate of drug-likeness (QED) is 0.616. The van der Waals surface area contributed by atoms with Crippen molar-refractivity contribution in [3.05, 3.63) is 29.6 Å². The molecular formula is C13H15FN2O3S. The van der Waals surface area contributed by atoms with Gasteiger partial charge in [0.05, 0.1) is 0 Å². The molecule has 0 aliphatic rings. The van der Waals surface area contributed by atoms with Gasteiger partial charge in [-0.15, -0.1) is 0 Å². The predicted octanol–water partition coefficient (Wildman–Crippen LogP) is 0.552. The Morgan fingerprint density at radius 3 is 2.70 bits per heavy atom. The number of sulfonamides is 1. The van der Waals surface area contributed by atoms with E-state index in [9.17, 15) is 17.6 Å². The second kappa shape index (κ2) is 7.03. The molecule has 1 rings (SSSR count). The van der Waals surface area contributed by atoms with Gasteiger partial charge in [-0.1, -0.05) is 12.0 Å². The first-order valence-electron chi connectivity index (χ1n) is 5.83. The molecule has 0 unspecified atom stereocenters. The third-order valence-electron chi connectivity index (χ3n) is 2.32. The highest BCUT2D eigenvalue weighted by Crippen LogP contribution is 2.15. The number of carbonyl (C=O) groups is 1. The molecule has 0 aliphatic carbocycles. The van der Waals surface area contributed by atoms with Crippen molar-refractivity contribution in [2.24, 2.45) is 0 Å². The lowest BCUT2D eigenvalue weighted by Crippen LogP contribution is -2.34. The van der Waals surface area contributed by atoms with Crippen molar-refractivity contribution in [1.82, 2.24) is 10.0 Å². The molecule has 0 saturated carbocycles. The summed E-state index contributed by atoms with van der Waals surface area (Å²) in [5.41, 5.74) is 0.637. The molecule has 0 atom stereocenters. The third-order valence-corrected chi connectivity index (χ3v) is 3.79. The lowest BCUT2D eigenvalue weighted by atomic mass is 10.2. The van der Waals surface area contributed by atoms with Gasteiger partial charge in [-0.25, -0.2) is 17.5 Å². The first-order valence-corrected chi connectivity index (χ1v) is 7.31. The average Bonchev–Trinajstić information content (AvgIpc) is 2.38. The van der Waals surface area contributed by atoms with Gasteiger partial charge in [0.15, 0.2) is 0 Å². The number of aryl methyl sites for hydroxylation is 1. The average molecular weight is 298 g/mol. The maximum Gasteiger partial charge on any atom is 0.295 e. The van der Waals surface area contributed by atoms with E-state index in [0.717, 1.165) is 6.07 Å². The van der Waals surface area contributed by atoms with E-state index in [4.69, 9.17) is 0 Å². The zero-order chi connectivity index (χ0) is 15.2. The minimum absolute atomic E-state index is 0.0488. The summed E-state index contributed by atoms with van der Waals surface area (Å²) >= 11 is 0. The van der Waals surface area contributed by atoms with Crippen LogP contribution in [-0.2, 0) is 14.8 Å². The molecule has 0 radical (unpaired) electrons. The Morgan fingerprint density at radius 1 is 1.35 bits per heavy atom. The Bertz CT molecular complexity index is 660. The maximum atomic E-state index is 13.5. The van der Waals surface area contributed by atoms with Crippen LogP contribution < -0.4 is 10.0 Å². The molecular weight excluding hydrogens is 283 g/mol. The van der Waals surface area contributed by atoms with Crippen LogP contribution in [0.1, 0.15) is 12.5 Å². The standard InChI is InChI=1S/C13H15FN2O3S/c1-3-4-13(17)15-7-8-16-20(18,19)12-9-10(2)5-6-11(12)14/h5-6,9,16H,7-8H2,1-2H3,(H,15,17). The summed E-state index contributed by atoms with van der Waals surface area (Å²) in [6, 6.07) is 3.83. The van der Waals surface area contributed by atoms with Crippen LogP contribution in [0.2, 0.25) is 0 Å². The van der Waals surface area contributed by atoms with Gasteiger partial charge in [-0.05, 0) is 37.5 Å². The predicted molar refractivity (Wildman–Crippen MR) is 72.8 cm³/mol. The second-order valence-corrected chi connectivity index (χ2v) is 5.70. The Labute approximate surface area is 117 Å². The number of benzene rings is 1. The van der Waals surface area contributed by atoms with Crippen molar-refractivity contribution in [2.45, 2.75) is 18.7 Å². The number of nitrogens with one attached hydrogen (secondary N) is 2. The van der Waals surface area contributed by atoms with Gasteiger partial charge >= 0.3 is 0 Å². The molecule has 0 spiro atoms. The number of hydrogen-bond donors (Lipinski definition) is 2. The first kappa shape index (κ1) is 16.1. The van der Waals surface area contributed by atoms with E-state index in [2.05, 4.69) is 21.9 Å². The van der Waals surface area contributed by atoms with Crippen LogP contribution >= 0.6 is 0 Å².